The maximum absolute atomic E-state index is 9.33. The molecule has 0 amide bonds. The van der Waals surface area contributed by atoms with Crippen LogP contribution in [0.25, 0.3) is 6.08 Å². The van der Waals surface area contributed by atoms with Gasteiger partial charge in [-0.05, 0) is 13.0 Å². The molecule has 1 aromatic rings. The SMILES string of the molecule is CC(N)/C=C/c1ccccc1O. The molecule has 2 nitrogen and oxygen atoms in total. The fourth-order valence-electron chi connectivity index (χ4n) is 0.884. The normalized spacial score (nSPS) is 13.5. The van der Waals surface area contributed by atoms with Crippen molar-refractivity contribution in [3.63, 3.8) is 0 Å². The predicted molar refractivity (Wildman–Crippen MR) is 50.8 cm³/mol. The minimum absolute atomic E-state index is 0.0182. The van der Waals surface area contributed by atoms with Crippen molar-refractivity contribution >= 4 is 6.08 Å². The van der Waals surface area contributed by atoms with E-state index in [-0.39, 0.29) is 11.8 Å². The molecule has 2 heteroatoms. The lowest BCUT2D eigenvalue weighted by molar-refractivity contribution is 0.474. The van der Waals surface area contributed by atoms with Gasteiger partial charge in [0.25, 0.3) is 0 Å². The van der Waals surface area contributed by atoms with Gasteiger partial charge in [-0.15, -0.1) is 0 Å². The van der Waals surface area contributed by atoms with Crippen LogP contribution in [0.5, 0.6) is 5.75 Å². The van der Waals surface area contributed by atoms with Gasteiger partial charge < -0.3 is 10.8 Å². The zero-order chi connectivity index (χ0) is 8.97. The molecule has 0 aliphatic heterocycles. The van der Waals surface area contributed by atoms with E-state index < -0.39 is 0 Å². The van der Waals surface area contributed by atoms with Gasteiger partial charge in [0.1, 0.15) is 5.75 Å². The Morgan fingerprint density at radius 3 is 2.67 bits per heavy atom. The van der Waals surface area contributed by atoms with Crippen molar-refractivity contribution in [1.29, 1.82) is 0 Å². The third kappa shape index (κ3) is 2.40. The summed E-state index contributed by atoms with van der Waals surface area (Å²) in [5.74, 6) is 0.286. The molecule has 1 atom stereocenters. The molecule has 1 rings (SSSR count). The Morgan fingerprint density at radius 1 is 1.42 bits per heavy atom. The van der Waals surface area contributed by atoms with Crippen molar-refractivity contribution in [1.82, 2.24) is 0 Å². The number of hydrogen-bond donors (Lipinski definition) is 2. The first kappa shape index (κ1) is 8.81. The average molecular weight is 163 g/mol. The molecule has 0 bridgehead atoms. The molecular weight excluding hydrogens is 150 g/mol. The van der Waals surface area contributed by atoms with E-state index in [1.54, 1.807) is 12.1 Å². The molecule has 0 aromatic heterocycles. The fraction of sp³-hybridized carbons (Fsp3) is 0.200. The van der Waals surface area contributed by atoms with E-state index in [0.717, 1.165) is 5.56 Å². The minimum Gasteiger partial charge on any atom is -0.507 e. The van der Waals surface area contributed by atoms with E-state index in [1.807, 2.05) is 31.2 Å². The zero-order valence-corrected chi connectivity index (χ0v) is 7.07. The van der Waals surface area contributed by atoms with Gasteiger partial charge in [-0.1, -0.05) is 30.4 Å². The van der Waals surface area contributed by atoms with Crippen LogP contribution in [-0.4, -0.2) is 11.1 Å². The molecule has 64 valence electrons. The van der Waals surface area contributed by atoms with Crippen LogP contribution in [0.2, 0.25) is 0 Å². The highest BCUT2D eigenvalue weighted by Gasteiger charge is 1.93. The van der Waals surface area contributed by atoms with Crippen LogP contribution in [0, 0.1) is 0 Å². The van der Waals surface area contributed by atoms with E-state index in [1.165, 1.54) is 0 Å². The third-order valence-electron chi connectivity index (χ3n) is 1.52. The monoisotopic (exact) mass is 163 g/mol. The van der Waals surface area contributed by atoms with E-state index in [2.05, 4.69) is 0 Å². The molecule has 0 aliphatic rings. The zero-order valence-electron chi connectivity index (χ0n) is 7.07. The number of para-hydroxylation sites is 1. The van der Waals surface area contributed by atoms with Crippen LogP contribution < -0.4 is 5.73 Å². The molecular formula is C10H13NO. The van der Waals surface area contributed by atoms with Crippen molar-refractivity contribution in [2.75, 3.05) is 0 Å². The highest BCUT2D eigenvalue weighted by Crippen LogP contribution is 2.16. The maximum atomic E-state index is 9.33. The Bertz CT molecular complexity index is 279. The number of rotatable bonds is 2. The first-order valence-corrected chi connectivity index (χ1v) is 3.92. The van der Waals surface area contributed by atoms with Crippen molar-refractivity contribution in [3.05, 3.63) is 35.9 Å². The van der Waals surface area contributed by atoms with Crippen molar-refractivity contribution in [2.24, 2.45) is 5.73 Å². The van der Waals surface area contributed by atoms with Crippen LogP contribution in [0.1, 0.15) is 12.5 Å². The number of phenols is 1. The third-order valence-corrected chi connectivity index (χ3v) is 1.52. The number of hydrogen-bond acceptors (Lipinski definition) is 2. The second-order valence-corrected chi connectivity index (χ2v) is 2.78. The summed E-state index contributed by atoms with van der Waals surface area (Å²) >= 11 is 0. The average Bonchev–Trinajstić information content (AvgIpc) is 2.03. The Hall–Kier alpha value is -1.28. The largest absolute Gasteiger partial charge is 0.507 e. The molecule has 0 radical (unpaired) electrons. The summed E-state index contributed by atoms with van der Waals surface area (Å²) in [6, 6.07) is 7.18. The number of phenolic OH excluding ortho intramolecular Hbond substituents is 1. The Balaban J connectivity index is 2.82. The highest BCUT2D eigenvalue weighted by atomic mass is 16.3. The highest BCUT2D eigenvalue weighted by molar-refractivity contribution is 5.56. The molecule has 0 heterocycles. The second kappa shape index (κ2) is 3.93. The summed E-state index contributed by atoms with van der Waals surface area (Å²) in [6.45, 7) is 1.89. The van der Waals surface area contributed by atoms with Crippen LogP contribution in [0.3, 0.4) is 0 Å². The Kier molecular flexibility index (Phi) is 2.88. The predicted octanol–water partition coefficient (Wildman–Crippen LogP) is 1.75. The van der Waals surface area contributed by atoms with Gasteiger partial charge in [0.2, 0.25) is 0 Å². The maximum Gasteiger partial charge on any atom is 0.122 e. The van der Waals surface area contributed by atoms with Gasteiger partial charge in [-0.2, -0.15) is 0 Å². The van der Waals surface area contributed by atoms with E-state index in [0.29, 0.717) is 0 Å². The number of aromatic hydroxyl groups is 1. The summed E-state index contributed by atoms with van der Waals surface area (Å²) in [4.78, 5) is 0. The molecule has 1 unspecified atom stereocenters. The first-order valence-electron chi connectivity index (χ1n) is 3.92. The smallest absolute Gasteiger partial charge is 0.122 e. The molecule has 3 N–H and O–H groups in total. The van der Waals surface area contributed by atoms with Crippen molar-refractivity contribution in [3.8, 4) is 5.75 Å². The van der Waals surface area contributed by atoms with Crippen LogP contribution >= 0.6 is 0 Å². The molecule has 0 spiro atoms. The summed E-state index contributed by atoms with van der Waals surface area (Å²) in [6.07, 6.45) is 3.66. The Labute approximate surface area is 72.3 Å². The van der Waals surface area contributed by atoms with Gasteiger partial charge in [0.05, 0.1) is 0 Å². The molecule has 0 saturated carbocycles. The fourth-order valence-corrected chi connectivity index (χ4v) is 0.884. The molecule has 0 aliphatic carbocycles. The lowest BCUT2D eigenvalue weighted by Crippen LogP contribution is -2.09. The lowest BCUT2D eigenvalue weighted by atomic mass is 10.1. The molecule has 0 saturated heterocycles. The standard InChI is InChI=1S/C10H13NO/c1-8(11)6-7-9-4-2-3-5-10(9)12/h2-8,12H,11H2,1H3/b7-6+. The number of benzene rings is 1. The first-order chi connectivity index (χ1) is 5.70. The van der Waals surface area contributed by atoms with E-state index >= 15 is 0 Å². The molecule has 12 heavy (non-hydrogen) atoms. The minimum atomic E-state index is 0.0182. The molecule has 0 fully saturated rings. The van der Waals surface area contributed by atoms with Gasteiger partial charge in [0.15, 0.2) is 0 Å². The van der Waals surface area contributed by atoms with Crippen LogP contribution in [0.15, 0.2) is 30.3 Å². The molecule has 1 aromatic carbocycles. The van der Waals surface area contributed by atoms with E-state index in [9.17, 15) is 5.11 Å². The topological polar surface area (TPSA) is 46.2 Å². The quantitative estimate of drug-likeness (QED) is 0.697. The van der Waals surface area contributed by atoms with Crippen molar-refractivity contribution in [2.45, 2.75) is 13.0 Å². The lowest BCUT2D eigenvalue weighted by Gasteiger charge is -1.98. The van der Waals surface area contributed by atoms with Gasteiger partial charge >= 0.3 is 0 Å². The van der Waals surface area contributed by atoms with Gasteiger partial charge in [-0.3, -0.25) is 0 Å². The second-order valence-electron chi connectivity index (χ2n) is 2.78. The van der Waals surface area contributed by atoms with Gasteiger partial charge in [-0.25, -0.2) is 0 Å². The van der Waals surface area contributed by atoms with E-state index in [4.69, 9.17) is 5.73 Å². The summed E-state index contributed by atoms with van der Waals surface area (Å²) < 4.78 is 0. The van der Waals surface area contributed by atoms with Gasteiger partial charge in [0, 0.05) is 11.6 Å². The summed E-state index contributed by atoms with van der Waals surface area (Å²) in [5.41, 5.74) is 6.32. The van der Waals surface area contributed by atoms with Crippen LogP contribution in [0.4, 0.5) is 0 Å². The van der Waals surface area contributed by atoms with Crippen LogP contribution in [-0.2, 0) is 0 Å². The summed E-state index contributed by atoms with van der Waals surface area (Å²) in [5, 5.41) is 9.33. The van der Waals surface area contributed by atoms with Crippen molar-refractivity contribution < 1.29 is 5.11 Å². The summed E-state index contributed by atoms with van der Waals surface area (Å²) in [7, 11) is 0. The Morgan fingerprint density at radius 2 is 2.08 bits per heavy atom. The number of nitrogens with two attached hydrogens (primary N) is 1.